The van der Waals surface area contributed by atoms with Crippen molar-refractivity contribution in [3.63, 3.8) is 0 Å². The molecule has 2 atom stereocenters. The molecule has 0 aromatic heterocycles. The summed E-state index contributed by atoms with van der Waals surface area (Å²) in [5.41, 5.74) is 0.128. The second-order valence-corrected chi connectivity index (χ2v) is 22.5. The number of hydrogen-bond donors (Lipinski definition) is 0. The predicted molar refractivity (Wildman–Crippen MR) is 88.9 cm³/mol. The molecule has 0 aromatic carbocycles. The molecule has 0 amide bonds. The Bertz CT molecular complexity index is 404. The molecule has 5 heteroatoms. The fourth-order valence-electron chi connectivity index (χ4n) is 2.82. The van der Waals surface area contributed by atoms with Crippen molar-refractivity contribution in [1.29, 1.82) is 0 Å². The third-order valence-electron chi connectivity index (χ3n) is 4.84. The third-order valence-corrected chi connectivity index (χ3v) is 21.2. The molecule has 0 spiro atoms. The summed E-state index contributed by atoms with van der Waals surface area (Å²) in [5, 5.41) is 0. The van der Waals surface area contributed by atoms with Crippen LogP contribution in [-0.4, -0.2) is 33.1 Å². The highest BCUT2D eigenvalue weighted by molar-refractivity contribution is 7.38. The van der Waals surface area contributed by atoms with Crippen LogP contribution in [0.3, 0.4) is 0 Å². The molecule has 1 aliphatic heterocycles. The molecule has 1 rings (SSSR count). The minimum absolute atomic E-state index is 0.131. The van der Waals surface area contributed by atoms with Gasteiger partial charge < -0.3 is 9.16 Å². The van der Waals surface area contributed by atoms with Crippen LogP contribution in [0.5, 0.6) is 0 Å². The summed E-state index contributed by atoms with van der Waals surface area (Å²) in [6.45, 7) is 19.0. The lowest BCUT2D eigenvalue weighted by Crippen LogP contribution is -2.69. The van der Waals surface area contributed by atoms with E-state index < -0.39 is 15.4 Å². The molecule has 116 valence electrons. The number of carbonyl (C=O) groups excluding carboxylic acids is 1. The van der Waals surface area contributed by atoms with Crippen molar-refractivity contribution >= 4 is 21.4 Å². The predicted octanol–water partition coefficient (Wildman–Crippen LogP) is 4.06. The van der Waals surface area contributed by atoms with Crippen molar-refractivity contribution in [1.82, 2.24) is 0 Å². The van der Waals surface area contributed by atoms with E-state index in [1.807, 2.05) is 0 Å². The highest BCUT2D eigenvalue weighted by Gasteiger charge is 2.57. The Morgan fingerprint density at radius 3 is 2.40 bits per heavy atom. The summed E-state index contributed by atoms with van der Waals surface area (Å²) in [6, 6.07) is 1.00. The fourth-order valence-corrected chi connectivity index (χ4v) is 9.99. The molecular formula is C15H30O3Si2. The zero-order valence-corrected chi connectivity index (χ0v) is 16.1. The molecule has 0 aliphatic carbocycles. The van der Waals surface area contributed by atoms with Gasteiger partial charge in [0.05, 0.1) is 13.2 Å². The maximum Gasteiger partial charge on any atom is 0.333 e. The Labute approximate surface area is 125 Å². The van der Waals surface area contributed by atoms with E-state index in [0.717, 1.165) is 18.9 Å². The van der Waals surface area contributed by atoms with Crippen LogP contribution in [0.2, 0.25) is 32.2 Å². The molecule has 0 radical (unpaired) electrons. The Morgan fingerprint density at radius 1 is 1.40 bits per heavy atom. The second-order valence-electron chi connectivity index (χ2n) is 7.44. The Morgan fingerprint density at radius 2 is 1.95 bits per heavy atom. The highest BCUT2D eigenvalue weighted by Crippen LogP contribution is 2.42. The van der Waals surface area contributed by atoms with Gasteiger partial charge >= 0.3 is 5.97 Å². The lowest BCUT2D eigenvalue weighted by molar-refractivity contribution is -0.156. The summed E-state index contributed by atoms with van der Waals surface area (Å²) >= 11 is 0. The van der Waals surface area contributed by atoms with Gasteiger partial charge in [0, 0.05) is 5.57 Å². The van der Waals surface area contributed by atoms with Crippen LogP contribution >= 0.6 is 0 Å². The molecule has 0 N–H and O–H groups in total. The van der Waals surface area contributed by atoms with Crippen LogP contribution in [0.4, 0.5) is 0 Å². The fraction of sp³-hybridized carbons (Fsp3) is 0.800. The third kappa shape index (κ3) is 3.43. The summed E-state index contributed by atoms with van der Waals surface area (Å²) in [5.74, 6) is -0.285. The first-order valence-electron chi connectivity index (χ1n) is 7.52. The molecule has 0 saturated carbocycles. The highest BCUT2D eigenvalue weighted by atomic mass is 29.3. The Kier molecular flexibility index (Phi) is 5.10. The number of rotatable bonds is 4. The molecule has 3 nitrogen and oxygen atoms in total. The number of carbonyl (C=O) groups is 1. The second kappa shape index (κ2) is 5.77. The van der Waals surface area contributed by atoms with E-state index in [2.05, 4.69) is 46.6 Å². The molecule has 0 aromatic rings. The zero-order valence-electron chi connectivity index (χ0n) is 14.1. The Hall–Kier alpha value is -0.396. The molecule has 0 bridgehead atoms. The van der Waals surface area contributed by atoms with Gasteiger partial charge in [-0.15, -0.1) is 0 Å². The van der Waals surface area contributed by atoms with Crippen LogP contribution in [0.1, 0.15) is 33.6 Å². The maximum absolute atomic E-state index is 11.9. The summed E-state index contributed by atoms with van der Waals surface area (Å²) in [6.07, 6.45) is 1.83. The van der Waals surface area contributed by atoms with Gasteiger partial charge in [0.15, 0.2) is 7.83 Å². The van der Waals surface area contributed by atoms with Crippen molar-refractivity contribution < 1.29 is 14.0 Å². The lowest BCUT2D eigenvalue weighted by Gasteiger charge is -2.54. The van der Waals surface area contributed by atoms with Crippen LogP contribution in [-0.2, 0) is 14.0 Å². The number of hydrogen-bond acceptors (Lipinski definition) is 3. The van der Waals surface area contributed by atoms with Gasteiger partial charge in [-0.05, 0) is 39.4 Å². The van der Waals surface area contributed by atoms with Gasteiger partial charge in [0.1, 0.15) is 6.10 Å². The largest absolute Gasteiger partial charge is 0.456 e. The minimum atomic E-state index is -1.69. The van der Waals surface area contributed by atoms with Gasteiger partial charge in [-0.25, -0.2) is 4.79 Å². The van der Waals surface area contributed by atoms with Crippen molar-refractivity contribution in [3.8, 4) is 0 Å². The van der Waals surface area contributed by atoms with Crippen LogP contribution in [0.15, 0.2) is 12.2 Å². The van der Waals surface area contributed by atoms with Gasteiger partial charge in [-0.1, -0.05) is 33.0 Å². The van der Waals surface area contributed by atoms with Gasteiger partial charge in [-0.2, -0.15) is 0 Å². The quantitative estimate of drug-likeness (QED) is 0.446. The van der Waals surface area contributed by atoms with Crippen LogP contribution < -0.4 is 0 Å². The van der Waals surface area contributed by atoms with Crippen molar-refractivity contribution in [2.24, 2.45) is 0 Å². The zero-order chi connectivity index (χ0) is 15.8. The molecular weight excluding hydrogens is 284 g/mol. The van der Waals surface area contributed by atoms with Gasteiger partial charge in [-0.3, -0.25) is 0 Å². The first-order valence-corrected chi connectivity index (χ1v) is 14.6. The average molecular weight is 315 g/mol. The lowest BCUT2D eigenvalue weighted by atomic mass is 9.94. The Balaban J connectivity index is 3.05. The molecule has 1 heterocycles. The summed E-state index contributed by atoms with van der Waals surface area (Å²) < 4.78 is 12.3. The van der Waals surface area contributed by atoms with Crippen LogP contribution in [0, 0.1) is 0 Å². The standard InChI is InChI=1S/C15H30O3Si2/c1-9-10-15(4)13(17-14(16)12(2)3)11-19(5,6)20(7,8)18-15/h13H,2,9-11H2,1,3-8H3. The smallest absolute Gasteiger partial charge is 0.333 e. The molecule has 2 unspecified atom stereocenters. The van der Waals surface area contributed by atoms with E-state index in [1.54, 1.807) is 6.92 Å². The van der Waals surface area contributed by atoms with Gasteiger partial charge in [0.2, 0.25) is 0 Å². The topological polar surface area (TPSA) is 35.5 Å². The number of ether oxygens (including phenoxy) is 1. The molecule has 20 heavy (non-hydrogen) atoms. The summed E-state index contributed by atoms with van der Waals surface area (Å²) in [4.78, 5) is 11.9. The van der Waals surface area contributed by atoms with Crippen molar-refractivity contribution in [2.45, 2.75) is 77.6 Å². The summed E-state index contributed by atoms with van der Waals surface area (Å²) in [7, 11) is -3.18. The first kappa shape index (κ1) is 17.7. The molecule has 1 aliphatic rings. The minimum Gasteiger partial charge on any atom is -0.456 e. The van der Waals surface area contributed by atoms with E-state index in [9.17, 15) is 4.79 Å². The first-order chi connectivity index (χ1) is 8.95. The van der Waals surface area contributed by atoms with E-state index in [1.165, 1.54) is 0 Å². The average Bonchev–Trinajstić information content (AvgIpc) is 2.25. The maximum atomic E-state index is 11.9. The number of esters is 1. The monoisotopic (exact) mass is 314 g/mol. The van der Waals surface area contributed by atoms with Gasteiger partial charge in [0.25, 0.3) is 0 Å². The van der Waals surface area contributed by atoms with E-state index >= 15 is 0 Å². The van der Waals surface area contributed by atoms with E-state index in [4.69, 9.17) is 9.16 Å². The molecule has 1 saturated heterocycles. The van der Waals surface area contributed by atoms with E-state index in [-0.39, 0.29) is 17.7 Å². The van der Waals surface area contributed by atoms with E-state index in [0.29, 0.717) is 5.57 Å². The molecule has 1 fully saturated rings. The van der Waals surface area contributed by atoms with Crippen LogP contribution in [0.25, 0.3) is 0 Å². The SMILES string of the molecule is C=C(C)C(=O)OC1C[Si](C)(C)[Si](C)(C)OC1(C)CCC. The normalized spacial score (nSPS) is 31.6. The van der Waals surface area contributed by atoms with Crippen molar-refractivity contribution in [3.05, 3.63) is 12.2 Å². The van der Waals surface area contributed by atoms with Crippen molar-refractivity contribution in [2.75, 3.05) is 0 Å².